The van der Waals surface area contributed by atoms with Crippen molar-refractivity contribution in [1.82, 2.24) is 9.97 Å². The Morgan fingerprint density at radius 3 is 2.48 bits per heavy atom. The highest BCUT2D eigenvalue weighted by molar-refractivity contribution is 6.32. The number of nitrogens with zero attached hydrogens (tertiary/aromatic N) is 3. The van der Waals surface area contributed by atoms with Crippen LogP contribution in [0.4, 0.5) is 11.5 Å². The van der Waals surface area contributed by atoms with Gasteiger partial charge in [0.1, 0.15) is 16.8 Å². The number of nitro benzene ring substituents is 1. The number of anilines is 1. The minimum Gasteiger partial charge on any atom is -0.367 e. The molecule has 23 heavy (non-hydrogen) atoms. The summed E-state index contributed by atoms with van der Waals surface area (Å²) in [6.45, 7) is 1.80. The zero-order valence-corrected chi connectivity index (χ0v) is 13.5. The summed E-state index contributed by atoms with van der Waals surface area (Å²) in [6.07, 6.45) is 4.64. The van der Waals surface area contributed by atoms with Crippen LogP contribution in [0.15, 0.2) is 24.3 Å². The summed E-state index contributed by atoms with van der Waals surface area (Å²) >= 11 is 6.33. The van der Waals surface area contributed by atoms with Gasteiger partial charge in [-0.3, -0.25) is 10.1 Å². The molecule has 1 aromatic carbocycles. The van der Waals surface area contributed by atoms with E-state index in [1.165, 1.54) is 25.0 Å². The molecule has 0 spiro atoms. The lowest BCUT2D eigenvalue weighted by Gasteiger charge is -2.17. The highest BCUT2D eigenvalue weighted by atomic mass is 35.5. The summed E-state index contributed by atoms with van der Waals surface area (Å²) < 4.78 is 0. The monoisotopic (exact) mass is 332 g/mol. The van der Waals surface area contributed by atoms with Gasteiger partial charge < -0.3 is 5.32 Å². The number of aromatic nitrogens is 2. The molecular formula is C16H17ClN4O2. The van der Waals surface area contributed by atoms with Crippen LogP contribution < -0.4 is 5.32 Å². The van der Waals surface area contributed by atoms with Crippen molar-refractivity contribution in [1.29, 1.82) is 0 Å². The molecule has 0 amide bonds. The van der Waals surface area contributed by atoms with Crippen molar-refractivity contribution in [2.45, 2.75) is 38.6 Å². The van der Waals surface area contributed by atoms with Crippen LogP contribution >= 0.6 is 11.6 Å². The van der Waals surface area contributed by atoms with E-state index in [1.807, 2.05) is 0 Å². The van der Waals surface area contributed by atoms with E-state index in [9.17, 15) is 10.1 Å². The second kappa shape index (κ2) is 6.50. The maximum Gasteiger partial charge on any atom is 0.269 e. The summed E-state index contributed by atoms with van der Waals surface area (Å²) in [7, 11) is 0. The standard InChI is InChI=1S/C16H17ClN4O2/c1-10-18-15(17)14(11-6-8-13(9-7-11)21(22)23)16(19-10)20-12-4-2-3-5-12/h6-9,12H,2-5H2,1H3,(H,18,19,20). The minimum atomic E-state index is -0.422. The lowest BCUT2D eigenvalue weighted by atomic mass is 10.1. The largest absolute Gasteiger partial charge is 0.367 e. The van der Waals surface area contributed by atoms with E-state index < -0.39 is 4.92 Å². The third kappa shape index (κ3) is 3.42. The van der Waals surface area contributed by atoms with Gasteiger partial charge in [0.2, 0.25) is 0 Å². The Kier molecular flexibility index (Phi) is 4.43. The van der Waals surface area contributed by atoms with Gasteiger partial charge in [0.25, 0.3) is 5.69 Å². The van der Waals surface area contributed by atoms with Crippen LogP contribution in [0.1, 0.15) is 31.5 Å². The third-order valence-electron chi connectivity index (χ3n) is 4.04. The van der Waals surface area contributed by atoms with E-state index in [0.29, 0.717) is 28.4 Å². The molecule has 1 aromatic heterocycles. The van der Waals surface area contributed by atoms with E-state index in [0.717, 1.165) is 18.4 Å². The van der Waals surface area contributed by atoms with Gasteiger partial charge in [-0.1, -0.05) is 24.4 Å². The molecule has 0 radical (unpaired) electrons. The summed E-state index contributed by atoms with van der Waals surface area (Å²) in [5, 5.41) is 14.6. The van der Waals surface area contributed by atoms with E-state index in [2.05, 4.69) is 15.3 Å². The highest BCUT2D eigenvalue weighted by Gasteiger charge is 2.20. The molecule has 1 fully saturated rings. The summed E-state index contributed by atoms with van der Waals surface area (Å²) in [6, 6.07) is 6.67. The molecule has 0 unspecified atom stereocenters. The van der Waals surface area contributed by atoms with E-state index in [4.69, 9.17) is 11.6 Å². The second-order valence-corrected chi connectivity index (χ2v) is 6.07. The molecule has 1 saturated carbocycles. The predicted octanol–water partition coefficient (Wildman–Crippen LogP) is 4.37. The Labute approximate surface area is 139 Å². The molecule has 7 heteroatoms. The van der Waals surface area contributed by atoms with E-state index in [1.54, 1.807) is 19.1 Å². The van der Waals surface area contributed by atoms with Crippen LogP contribution in [0, 0.1) is 17.0 Å². The van der Waals surface area contributed by atoms with Crippen LogP contribution in [-0.2, 0) is 0 Å². The fraction of sp³-hybridized carbons (Fsp3) is 0.375. The number of rotatable bonds is 4. The Morgan fingerprint density at radius 1 is 1.22 bits per heavy atom. The highest BCUT2D eigenvalue weighted by Crippen LogP contribution is 2.35. The molecule has 1 aliphatic carbocycles. The first-order chi connectivity index (χ1) is 11.0. The maximum absolute atomic E-state index is 10.8. The topological polar surface area (TPSA) is 81.0 Å². The summed E-state index contributed by atoms with van der Waals surface area (Å²) in [5.74, 6) is 1.30. The number of nitro groups is 1. The average Bonchev–Trinajstić information content (AvgIpc) is 3.00. The van der Waals surface area contributed by atoms with Crippen molar-refractivity contribution in [3.63, 3.8) is 0 Å². The number of hydrogen-bond donors (Lipinski definition) is 1. The summed E-state index contributed by atoms with van der Waals surface area (Å²) in [4.78, 5) is 19.1. The van der Waals surface area contributed by atoms with Crippen molar-refractivity contribution >= 4 is 23.1 Å². The summed E-state index contributed by atoms with van der Waals surface area (Å²) in [5.41, 5.74) is 1.50. The van der Waals surface area contributed by atoms with Crippen LogP contribution in [-0.4, -0.2) is 20.9 Å². The minimum absolute atomic E-state index is 0.0446. The lowest BCUT2D eigenvalue weighted by Crippen LogP contribution is -2.17. The predicted molar refractivity (Wildman–Crippen MR) is 89.7 cm³/mol. The SMILES string of the molecule is Cc1nc(Cl)c(-c2ccc([N+](=O)[O-])cc2)c(NC2CCCC2)n1. The molecule has 0 saturated heterocycles. The first kappa shape index (κ1) is 15.7. The zero-order valence-electron chi connectivity index (χ0n) is 12.8. The number of halogens is 1. The molecule has 1 N–H and O–H groups in total. The van der Waals surface area contributed by atoms with Crippen molar-refractivity contribution in [2.75, 3.05) is 5.32 Å². The second-order valence-electron chi connectivity index (χ2n) is 5.71. The van der Waals surface area contributed by atoms with Crippen molar-refractivity contribution in [2.24, 2.45) is 0 Å². The Balaban J connectivity index is 2.00. The van der Waals surface area contributed by atoms with Gasteiger partial charge in [0.15, 0.2) is 0 Å². The number of hydrogen-bond acceptors (Lipinski definition) is 5. The van der Waals surface area contributed by atoms with Crippen molar-refractivity contribution in [3.05, 3.63) is 45.4 Å². The molecule has 0 aliphatic heterocycles. The number of benzene rings is 1. The van der Waals surface area contributed by atoms with E-state index in [-0.39, 0.29) is 5.69 Å². The zero-order chi connectivity index (χ0) is 16.4. The third-order valence-corrected chi connectivity index (χ3v) is 4.31. The van der Waals surface area contributed by atoms with Gasteiger partial charge >= 0.3 is 0 Å². The Morgan fingerprint density at radius 2 is 1.87 bits per heavy atom. The molecular weight excluding hydrogens is 316 g/mol. The van der Waals surface area contributed by atoms with Gasteiger partial charge in [-0.15, -0.1) is 0 Å². The molecule has 2 aromatic rings. The normalized spacial score (nSPS) is 14.9. The maximum atomic E-state index is 10.8. The first-order valence-corrected chi connectivity index (χ1v) is 7.98. The van der Waals surface area contributed by atoms with Gasteiger partial charge in [0.05, 0.1) is 10.5 Å². The van der Waals surface area contributed by atoms with Gasteiger partial charge in [-0.25, -0.2) is 9.97 Å². The van der Waals surface area contributed by atoms with Gasteiger partial charge in [-0.2, -0.15) is 0 Å². The fourth-order valence-corrected chi connectivity index (χ4v) is 3.23. The Hall–Kier alpha value is -2.21. The quantitative estimate of drug-likeness (QED) is 0.511. The molecule has 120 valence electrons. The number of non-ortho nitro benzene ring substituents is 1. The average molecular weight is 333 g/mol. The lowest BCUT2D eigenvalue weighted by molar-refractivity contribution is -0.384. The van der Waals surface area contributed by atoms with E-state index >= 15 is 0 Å². The molecule has 3 rings (SSSR count). The van der Waals surface area contributed by atoms with Gasteiger partial charge in [0, 0.05) is 18.2 Å². The molecule has 1 aliphatic rings. The van der Waals surface area contributed by atoms with Crippen LogP contribution in [0.25, 0.3) is 11.1 Å². The van der Waals surface area contributed by atoms with Crippen molar-refractivity contribution < 1.29 is 4.92 Å². The van der Waals surface area contributed by atoms with Crippen LogP contribution in [0.2, 0.25) is 5.15 Å². The molecule has 0 atom stereocenters. The van der Waals surface area contributed by atoms with Gasteiger partial charge in [-0.05, 0) is 37.5 Å². The smallest absolute Gasteiger partial charge is 0.269 e. The molecule has 6 nitrogen and oxygen atoms in total. The molecule has 1 heterocycles. The van der Waals surface area contributed by atoms with Crippen LogP contribution in [0.3, 0.4) is 0 Å². The fourth-order valence-electron chi connectivity index (χ4n) is 2.91. The van der Waals surface area contributed by atoms with Crippen molar-refractivity contribution in [3.8, 4) is 11.1 Å². The first-order valence-electron chi connectivity index (χ1n) is 7.60. The molecule has 0 bridgehead atoms. The number of aryl methyl sites for hydroxylation is 1. The number of nitrogens with one attached hydrogen (secondary N) is 1. The van der Waals surface area contributed by atoms with Crippen LogP contribution in [0.5, 0.6) is 0 Å². The Bertz CT molecular complexity index is 728.